The third-order valence-corrected chi connectivity index (χ3v) is 7.49. The summed E-state index contributed by atoms with van der Waals surface area (Å²) in [6.45, 7) is 1.73. The first kappa shape index (κ1) is 22.7. The monoisotopic (exact) mass is 483 g/mol. The maximum atomic E-state index is 15.4. The predicted molar refractivity (Wildman–Crippen MR) is 126 cm³/mol. The smallest absolute Gasteiger partial charge is 0.240 e. The van der Waals surface area contributed by atoms with Crippen LogP contribution in [0.1, 0.15) is 30.0 Å². The summed E-state index contributed by atoms with van der Waals surface area (Å²) in [5.41, 5.74) is 1.83. The predicted octanol–water partition coefficient (Wildman–Crippen LogP) is 3.25. The SMILES string of the molecule is O=S(=O)(NC1CC1)c1ccc(CNc2ncnc(N3CCOCC3c3ccccc3)c2F)cc1. The highest BCUT2D eigenvalue weighted by atomic mass is 32.2. The van der Waals surface area contributed by atoms with Crippen molar-refractivity contribution in [2.75, 3.05) is 30.0 Å². The van der Waals surface area contributed by atoms with Crippen LogP contribution in [0.5, 0.6) is 0 Å². The first-order valence-corrected chi connectivity index (χ1v) is 12.7. The van der Waals surface area contributed by atoms with E-state index in [2.05, 4.69) is 20.0 Å². The van der Waals surface area contributed by atoms with Gasteiger partial charge >= 0.3 is 0 Å². The Labute approximate surface area is 198 Å². The molecule has 0 bridgehead atoms. The molecule has 2 N–H and O–H groups in total. The molecule has 1 aliphatic carbocycles. The van der Waals surface area contributed by atoms with Gasteiger partial charge in [0.05, 0.1) is 24.2 Å². The quantitative estimate of drug-likeness (QED) is 0.508. The maximum Gasteiger partial charge on any atom is 0.240 e. The van der Waals surface area contributed by atoms with Crippen molar-refractivity contribution >= 4 is 21.7 Å². The molecule has 8 nitrogen and oxygen atoms in total. The van der Waals surface area contributed by atoms with Crippen LogP contribution in [0.3, 0.4) is 0 Å². The maximum absolute atomic E-state index is 15.4. The Hall–Kier alpha value is -3.08. The second kappa shape index (κ2) is 9.65. The van der Waals surface area contributed by atoms with E-state index in [0.717, 1.165) is 24.0 Å². The molecule has 1 aromatic heterocycles. The van der Waals surface area contributed by atoms with Crippen LogP contribution >= 0.6 is 0 Å². The lowest BCUT2D eigenvalue weighted by molar-refractivity contribution is 0.0933. The average molecular weight is 484 g/mol. The van der Waals surface area contributed by atoms with Crippen molar-refractivity contribution in [2.45, 2.75) is 36.4 Å². The van der Waals surface area contributed by atoms with Crippen LogP contribution in [0, 0.1) is 5.82 Å². The molecular formula is C24H26FN5O3S. The number of halogens is 1. The van der Waals surface area contributed by atoms with Crippen LogP contribution in [-0.4, -0.2) is 44.2 Å². The summed E-state index contributed by atoms with van der Waals surface area (Å²) >= 11 is 0. The van der Waals surface area contributed by atoms with Gasteiger partial charge in [0, 0.05) is 19.1 Å². The first-order chi connectivity index (χ1) is 16.5. The van der Waals surface area contributed by atoms with Crippen molar-refractivity contribution in [3.63, 3.8) is 0 Å². The molecular weight excluding hydrogens is 457 g/mol. The van der Waals surface area contributed by atoms with Gasteiger partial charge in [0.15, 0.2) is 11.6 Å². The number of aromatic nitrogens is 2. The Morgan fingerprint density at radius 2 is 1.82 bits per heavy atom. The fourth-order valence-electron chi connectivity index (χ4n) is 3.95. The van der Waals surface area contributed by atoms with E-state index < -0.39 is 15.8 Å². The number of rotatable bonds is 8. The Bertz CT molecular complexity index is 1240. The van der Waals surface area contributed by atoms with Crippen molar-refractivity contribution in [3.05, 3.63) is 77.9 Å². The van der Waals surface area contributed by atoms with Gasteiger partial charge in [-0.3, -0.25) is 0 Å². The average Bonchev–Trinajstić information content (AvgIpc) is 3.68. The molecule has 3 aromatic rings. The highest BCUT2D eigenvalue weighted by Crippen LogP contribution is 2.32. The standard InChI is InChI=1S/C24H26FN5O3S/c25-22-23(26-14-17-6-10-20(11-7-17)34(31,32)29-19-8-9-19)27-16-28-24(22)30-12-13-33-15-21(30)18-4-2-1-3-5-18/h1-7,10-11,16,19,21,29H,8-9,12-15H2,(H,26,27,28). The van der Waals surface area contributed by atoms with E-state index in [1.165, 1.54) is 6.33 Å². The van der Waals surface area contributed by atoms with E-state index in [9.17, 15) is 8.42 Å². The minimum Gasteiger partial charge on any atom is -0.377 e. The summed E-state index contributed by atoms with van der Waals surface area (Å²) in [5, 5.41) is 3.01. The van der Waals surface area contributed by atoms with Crippen LogP contribution in [0.25, 0.3) is 0 Å². The molecule has 5 rings (SSSR count). The number of ether oxygens (including phenoxy) is 1. The Morgan fingerprint density at radius 3 is 2.56 bits per heavy atom. The minimum absolute atomic E-state index is 0.0502. The van der Waals surface area contributed by atoms with Gasteiger partial charge in [-0.05, 0) is 36.1 Å². The van der Waals surface area contributed by atoms with Crippen LogP contribution < -0.4 is 14.9 Å². The zero-order chi connectivity index (χ0) is 23.5. The summed E-state index contributed by atoms with van der Waals surface area (Å²) < 4.78 is 48.4. The lowest BCUT2D eigenvalue weighted by atomic mass is 10.0. The number of morpholine rings is 1. The van der Waals surface area contributed by atoms with E-state index in [1.807, 2.05) is 35.2 Å². The Morgan fingerprint density at radius 1 is 1.06 bits per heavy atom. The Kier molecular flexibility index (Phi) is 6.44. The number of nitrogens with one attached hydrogen (secondary N) is 2. The van der Waals surface area contributed by atoms with Gasteiger partial charge in [-0.15, -0.1) is 0 Å². The summed E-state index contributed by atoms with van der Waals surface area (Å²) in [6, 6.07) is 16.3. The first-order valence-electron chi connectivity index (χ1n) is 11.3. The fraction of sp³-hybridized carbons (Fsp3) is 0.333. The van der Waals surface area contributed by atoms with Gasteiger partial charge < -0.3 is 15.0 Å². The number of nitrogens with zero attached hydrogens (tertiary/aromatic N) is 3. The molecule has 34 heavy (non-hydrogen) atoms. The molecule has 1 saturated carbocycles. The Balaban J connectivity index is 1.30. The van der Waals surface area contributed by atoms with E-state index in [1.54, 1.807) is 24.3 Å². The number of anilines is 2. The molecule has 2 aromatic carbocycles. The van der Waals surface area contributed by atoms with E-state index >= 15 is 4.39 Å². The molecule has 0 amide bonds. The second-order valence-electron chi connectivity index (χ2n) is 8.45. The van der Waals surface area contributed by atoms with Crippen molar-refractivity contribution in [3.8, 4) is 0 Å². The van der Waals surface area contributed by atoms with Gasteiger partial charge in [-0.25, -0.2) is 23.1 Å². The molecule has 0 spiro atoms. The van der Waals surface area contributed by atoms with Crippen molar-refractivity contribution in [2.24, 2.45) is 0 Å². The lowest BCUT2D eigenvalue weighted by Crippen LogP contribution is -2.40. The number of sulfonamides is 1. The second-order valence-corrected chi connectivity index (χ2v) is 10.2. The molecule has 178 valence electrons. The van der Waals surface area contributed by atoms with Gasteiger partial charge in [-0.2, -0.15) is 4.39 Å². The summed E-state index contributed by atoms with van der Waals surface area (Å²) in [6.07, 6.45) is 3.10. The molecule has 2 aliphatic rings. The number of hydrogen-bond donors (Lipinski definition) is 2. The van der Waals surface area contributed by atoms with E-state index in [0.29, 0.717) is 19.8 Å². The van der Waals surface area contributed by atoms with Crippen LogP contribution in [0.2, 0.25) is 0 Å². The zero-order valence-electron chi connectivity index (χ0n) is 18.5. The van der Waals surface area contributed by atoms with Crippen molar-refractivity contribution in [1.29, 1.82) is 0 Å². The van der Waals surface area contributed by atoms with Gasteiger partial charge in [0.2, 0.25) is 15.8 Å². The molecule has 2 heterocycles. The zero-order valence-corrected chi connectivity index (χ0v) is 19.3. The summed E-state index contributed by atoms with van der Waals surface area (Å²) in [7, 11) is -3.50. The van der Waals surface area contributed by atoms with Gasteiger partial charge in [-0.1, -0.05) is 42.5 Å². The normalized spacial score (nSPS) is 18.6. The largest absolute Gasteiger partial charge is 0.377 e. The topological polar surface area (TPSA) is 96.5 Å². The van der Waals surface area contributed by atoms with Crippen molar-refractivity contribution < 1.29 is 17.5 Å². The van der Waals surface area contributed by atoms with E-state index in [-0.39, 0.29) is 35.2 Å². The minimum atomic E-state index is -3.50. The number of benzene rings is 2. The van der Waals surface area contributed by atoms with Crippen LogP contribution in [-0.2, 0) is 21.3 Å². The molecule has 1 aliphatic heterocycles. The highest BCUT2D eigenvalue weighted by Gasteiger charge is 2.29. The fourth-order valence-corrected chi connectivity index (χ4v) is 5.26. The number of hydrogen-bond acceptors (Lipinski definition) is 7. The van der Waals surface area contributed by atoms with Crippen LogP contribution in [0.15, 0.2) is 65.8 Å². The molecule has 2 fully saturated rings. The van der Waals surface area contributed by atoms with Crippen molar-refractivity contribution in [1.82, 2.24) is 14.7 Å². The molecule has 1 saturated heterocycles. The molecule has 10 heteroatoms. The summed E-state index contributed by atoms with van der Waals surface area (Å²) in [4.78, 5) is 10.4. The van der Waals surface area contributed by atoms with Gasteiger partial charge in [0.25, 0.3) is 0 Å². The highest BCUT2D eigenvalue weighted by molar-refractivity contribution is 7.89. The molecule has 1 atom stereocenters. The lowest BCUT2D eigenvalue weighted by Gasteiger charge is -2.37. The van der Waals surface area contributed by atoms with Crippen LogP contribution in [0.4, 0.5) is 16.0 Å². The summed E-state index contributed by atoms with van der Waals surface area (Å²) in [5.74, 6) is -0.212. The third kappa shape index (κ3) is 5.03. The molecule has 1 unspecified atom stereocenters. The van der Waals surface area contributed by atoms with E-state index in [4.69, 9.17) is 4.74 Å². The van der Waals surface area contributed by atoms with Gasteiger partial charge in [0.1, 0.15) is 6.33 Å². The molecule has 0 radical (unpaired) electrons. The third-order valence-electron chi connectivity index (χ3n) is 5.95.